The summed E-state index contributed by atoms with van der Waals surface area (Å²) in [6.07, 6.45) is 0. The van der Waals surface area contributed by atoms with Crippen LogP contribution in [-0.4, -0.2) is 7.85 Å². The second-order valence-electron chi connectivity index (χ2n) is 9.69. The van der Waals surface area contributed by atoms with Crippen LogP contribution in [0.25, 0.3) is 43.4 Å². The second-order valence-corrected chi connectivity index (χ2v) is 9.69. The van der Waals surface area contributed by atoms with Crippen molar-refractivity contribution in [2.24, 2.45) is 0 Å². The topological polar surface area (TPSA) is 3.24 Å². The van der Waals surface area contributed by atoms with E-state index in [4.69, 9.17) is 7.85 Å². The first-order chi connectivity index (χ1) is 18.7. The molecule has 176 valence electrons. The highest BCUT2D eigenvalue weighted by atomic mass is 15.1. The average molecular weight is 481 g/mol. The van der Waals surface area contributed by atoms with Crippen LogP contribution < -0.4 is 10.4 Å². The molecule has 2 heteroatoms. The second kappa shape index (κ2) is 9.25. The number of hydrogen-bond donors (Lipinski definition) is 0. The zero-order valence-corrected chi connectivity index (χ0v) is 20.9. The van der Waals surface area contributed by atoms with Gasteiger partial charge in [-0.05, 0) is 79.8 Å². The molecule has 7 aromatic rings. The summed E-state index contributed by atoms with van der Waals surface area (Å²) in [5.41, 5.74) is 6.53. The SMILES string of the molecule is [B]c1ccc(-c2ccc(N(c3ccc4ccccc4c3)c3ccc4ccccc4c3)cc2)c2ccccc12. The third-order valence-corrected chi connectivity index (χ3v) is 7.38. The van der Waals surface area contributed by atoms with Gasteiger partial charge in [-0.1, -0.05) is 115 Å². The lowest BCUT2D eigenvalue weighted by atomic mass is 9.86. The van der Waals surface area contributed by atoms with Gasteiger partial charge in [-0.3, -0.25) is 0 Å². The Morgan fingerprint density at radius 2 is 0.895 bits per heavy atom. The minimum Gasteiger partial charge on any atom is -0.310 e. The van der Waals surface area contributed by atoms with Gasteiger partial charge in [0.05, 0.1) is 0 Å². The first kappa shape index (κ1) is 22.4. The van der Waals surface area contributed by atoms with Gasteiger partial charge in [0, 0.05) is 17.1 Å². The summed E-state index contributed by atoms with van der Waals surface area (Å²) in [6, 6.07) is 51.7. The van der Waals surface area contributed by atoms with Crippen molar-refractivity contribution in [1.82, 2.24) is 0 Å². The minimum atomic E-state index is 0.805. The maximum atomic E-state index is 6.27. The van der Waals surface area contributed by atoms with Gasteiger partial charge in [0.15, 0.2) is 0 Å². The van der Waals surface area contributed by atoms with E-state index in [-0.39, 0.29) is 0 Å². The van der Waals surface area contributed by atoms with Crippen LogP contribution in [0.15, 0.2) is 146 Å². The highest BCUT2D eigenvalue weighted by molar-refractivity contribution is 6.39. The van der Waals surface area contributed by atoms with Crippen LogP contribution in [0.5, 0.6) is 0 Å². The summed E-state index contributed by atoms with van der Waals surface area (Å²) < 4.78 is 0. The van der Waals surface area contributed by atoms with Crippen LogP contribution in [0.2, 0.25) is 0 Å². The van der Waals surface area contributed by atoms with E-state index in [0.717, 1.165) is 27.9 Å². The van der Waals surface area contributed by atoms with E-state index >= 15 is 0 Å². The molecule has 7 rings (SSSR count). The van der Waals surface area contributed by atoms with Gasteiger partial charge in [-0.25, -0.2) is 0 Å². The molecule has 0 amide bonds. The van der Waals surface area contributed by atoms with E-state index in [1.807, 2.05) is 12.1 Å². The molecule has 0 aliphatic heterocycles. The maximum Gasteiger partial charge on any atom is 0.114 e. The van der Waals surface area contributed by atoms with Gasteiger partial charge in [0.1, 0.15) is 7.85 Å². The van der Waals surface area contributed by atoms with Gasteiger partial charge in [0.2, 0.25) is 0 Å². The minimum absolute atomic E-state index is 0.805. The molecule has 0 saturated carbocycles. The van der Waals surface area contributed by atoms with E-state index in [1.54, 1.807) is 0 Å². The van der Waals surface area contributed by atoms with E-state index < -0.39 is 0 Å². The molecular formula is C36H24BN. The summed E-state index contributed by atoms with van der Waals surface area (Å²) >= 11 is 0. The van der Waals surface area contributed by atoms with Crippen molar-refractivity contribution >= 4 is 62.7 Å². The zero-order valence-electron chi connectivity index (χ0n) is 20.9. The van der Waals surface area contributed by atoms with Crippen LogP contribution in [-0.2, 0) is 0 Å². The Bertz CT molecular complexity index is 1860. The van der Waals surface area contributed by atoms with Crippen molar-refractivity contribution in [2.45, 2.75) is 0 Å². The Hall–Kier alpha value is -4.82. The molecule has 7 aromatic carbocycles. The fourth-order valence-electron chi connectivity index (χ4n) is 5.44. The molecule has 0 saturated heterocycles. The lowest BCUT2D eigenvalue weighted by Crippen LogP contribution is -2.10. The van der Waals surface area contributed by atoms with Crippen LogP contribution in [0.3, 0.4) is 0 Å². The van der Waals surface area contributed by atoms with Crippen molar-refractivity contribution < 1.29 is 0 Å². The molecular weight excluding hydrogens is 457 g/mol. The Balaban J connectivity index is 1.37. The molecule has 0 aliphatic carbocycles. The van der Waals surface area contributed by atoms with Crippen molar-refractivity contribution in [2.75, 3.05) is 4.90 Å². The summed E-state index contributed by atoms with van der Waals surface area (Å²) in [5, 5.41) is 7.17. The smallest absolute Gasteiger partial charge is 0.114 e. The van der Waals surface area contributed by atoms with E-state index in [1.165, 1.54) is 38.1 Å². The highest BCUT2D eigenvalue weighted by Gasteiger charge is 2.14. The molecule has 38 heavy (non-hydrogen) atoms. The zero-order chi connectivity index (χ0) is 25.5. The van der Waals surface area contributed by atoms with Gasteiger partial charge >= 0.3 is 0 Å². The molecule has 0 atom stereocenters. The summed E-state index contributed by atoms with van der Waals surface area (Å²) in [7, 11) is 6.27. The fourth-order valence-corrected chi connectivity index (χ4v) is 5.44. The Morgan fingerprint density at radius 1 is 0.395 bits per heavy atom. The molecule has 0 unspecified atom stereocenters. The van der Waals surface area contributed by atoms with E-state index in [0.29, 0.717) is 0 Å². The summed E-state index contributed by atoms with van der Waals surface area (Å²) in [6.45, 7) is 0. The first-order valence-corrected chi connectivity index (χ1v) is 12.9. The molecule has 0 fully saturated rings. The quantitative estimate of drug-likeness (QED) is 0.227. The van der Waals surface area contributed by atoms with Crippen LogP contribution in [0.1, 0.15) is 0 Å². The molecule has 0 heterocycles. The molecule has 0 spiro atoms. The molecule has 0 aromatic heterocycles. The van der Waals surface area contributed by atoms with Crippen molar-refractivity contribution in [3.63, 3.8) is 0 Å². The monoisotopic (exact) mass is 481 g/mol. The number of anilines is 3. The Labute approximate surface area is 224 Å². The fraction of sp³-hybridized carbons (Fsp3) is 0. The van der Waals surface area contributed by atoms with Crippen molar-refractivity contribution in [3.05, 3.63) is 146 Å². The Kier molecular flexibility index (Phi) is 5.45. The Morgan fingerprint density at radius 3 is 1.50 bits per heavy atom. The van der Waals surface area contributed by atoms with Gasteiger partial charge < -0.3 is 4.90 Å². The lowest BCUT2D eigenvalue weighted by Gasteiger charge is -2.26. The van der Waals surface area contributed by atoms with Gasteiger partial charge in [-0.15, -0.1) is 0 Å². The normalized spacial score (nSPS) is 11.3. The number of nitrogens with zero attached hydrogens (tertiary/aromatic N) is 1. The molecule has 0 bridgehead atoms. The number of fused-ring (bicyclic) bond motifs is 3. The third-order valence-electron chi connectivity index (χ3n) is 7.38. The van der Waals surface area contributed by atoms with E-state index in [2.05, 4.69) is 138 Å². The number of rotatable bonds is 4. The first-order valence-electron chi connectivity index (χ1n) is 12.9. The van der Waals surface area contributed by atoms with Gasteiger partial charge in [-0.2, -0.15) is 0 Å². The largest absolute Gasteiger partial charge is 0.310 e. The third kappa shape index (κ3) is 3.92. The van der Waals surface area contributed by atoms with Crippen molar-refractivity contribution in [1.29, 1.82) is 0 Å². The highest BCUT2D eigenvalue weighted by Crippen LogP contribution is 2.38. The maximum absolute atomic E-state index is 6.27. The van der Waals surface area contributed by atoms with Gasteiger partial charge in [0.25, 0.3) is 0 Å². The van der Waals surface area contributed by atoms with Crippen LogP contribution in [0, 0.1) is 0 Å². The van der Waals surface area contributed by atoms with Crippen LogP contribution >= 0.6 is 0 Å². The predicted octanol–water partition coefficient (Wildman–Crippen LogP) is 9.08. The summed E-state index contributed by atoms with van der Waals surface area (Å²) in [4.78, 5) is 2.34. The molecule has 2 radical (unpaired) electrons. The van der Waals surface area contributed by atoms with E-state index in [9.17, 15) is 0 Å². The standard InChI is InChI=1S/C36H24BN/c37-36-22-21-33(34-11-5-6-12-35(34)36)27-15-17-30(18-16-27)38(31-19-13-25-7-1-3-9-28(25)23-31)32-20-14-26-8-2-4-10-29(26)24-32/h1-24H. The number of hydrogen-bond acceptors (Lipinski definition) is 1. The average Bonchev–Trinajstić information content (AvgIpc) is 2.98. The predicted molar refractivity (Wildman–Crippen MR) is 164 cm³/mol. The molecule has 0 N–H and O–H groups in total. The van der Waals surface area contributed by atoms with Crippen LogP contribution in [0.4, 0.5) is 17.1 Å². The summed E-state index contributed by atoms with van der Waals surface area (Å²) in [5.74, 6) is 0. The number of benzene rings is 7. The lowest BCUT2D eigenvalue weighted by molar-refractivity contribution is 1.29. The molecule has 0 aliphatic rings. The van der Waals surface area contributed by atoms with Crippen molar-refractivity contribution in [3.8, 4) is 11.1 Å². The molecule has 1 nitrogen and oxygen atoms in total.